The molecule has 2 rings (SSSR count). The van der Waals surface area contributed by atoms with E-state index in [2.05, 4.69) is 23.8 Å². The second-order valence-corrected chi connectivity index (χ2v) is 6.96. The molecular weight excluding hydrogens is 298 g/mol. The molecule has 6 heteroatoms. The number of oxazole rings is 1. The van der Waals surface area contributed by atoms with E-state index in [-0.39, 0.29) is 11.9 Å². The summed E-state index contributed by atoms with van der Waals surface area (Å²) >= 11 is 1.67. The van der Waals surface area contributed by atoms with Gasteiger partial charge in [-0.3, -0.25) is 4.79 Å². The van der Waals surface area contributed by atoms with Gasteiger partial charge in [0.2, 0.25) is 5.76 Å². The zero-order chi connectivity index (χ0) is 16.6. The van der Waals surface area contributed by atoms with Crippen LogP contribution in [0, 0.1) is 20.8 Å². The lowest BCUT2D eigenvalue weighted by Crippen LogP contribution is -2.29. The van der Waals surface area contributed by atoms with Crippen LogP contribution in [0.2, 0.25) is 0 Å². The smallest absolute Gasteiger partial charge is 0.291 e. The van der Waals surface area contributed by atoms with Gasteiger partial charge >= 0.3 is 0 Å². The van der Waals surface area contributed by atoms with Gasteiger partial charge in [-0.25, -0.2) is 9.97 Å². The van der Waals surface area contributed by atoms with Gasteiger partial charge in [-0.15, -0.1) is 11.3 Å². The third-order valence-electron chi connectivity index (χ3n) is 3.72. The van der Waals surface area contributed by atoms with Crippen molar-refractivity contribution in [3.05, 3.63) is 32.9 Å². The molecule has 2 heterocycles. The molecule has 2 aromatic heterocycles. The first-order valence-electron chi connectivity index (χ1n) is 7.40. The molecule has 22 heavy (non-hydrogen) atoms. The Morgan fingerprint density at radius 1 is 1.14 bits per heavy atom. The molecule has 120 valence electrons. The summed E-state index contributed by atoms with van der Waals surface area (Å²) in [6, 6.07) is -0.0534. The minimum atomic E-state index is -0.149. The maximum Gasteiger partial charge on any atom is 0.291 e. The highest BCUT2D eigenvalue weighted by Gasteiger charge is 2.27. The van der Waals surface area contributed by atoms with Crippen molar-refractivity contribution in [3.8, 4) is 0 Å². The van der Waals surface area contributed by atoms with Crippen LogP contribution >= 0.6 is 11.3 Å². The van der Waals surface area contributed by atoms with Crippen LogP contribution in [0.5, 0.6) is 0 Å². The van der Waals surface area contributed by atoms with Crippen LogP contribution in [-0.2, 0) is 0 Å². The first kappa shape index (κ1) is 16.7. The number of thiazole rings is 1. The normalized spacial score (nSPS) is 12.7. The van der Waals surface area contributed by atoms with E-state index in [1.165, 1.54) is 0 Å². The van der Waals surface area contributed by atoms with E-state index in [0.717, 1.165) is 15.6 Å². The lowest BCUT2D eigenvalue weighted by Gasteiger charge is -2.23. The molecule has 0 spiro atoms. The summed E-state index contributed by atoms with van der Waals surface area (Å²) in [4.78, 5) is 24.2. The molecule has 0 aliphatic heterocycles. The van der Waals surface area contributed by atoms with E-state index in [1.54, 1.807) is 37.1 Å². The Bertz CT molecular complexity index is 688. The standard InChI is InChI=1S/C16H23N3O2S/c1-8(2)15-18-10(4)14(22-15)11(5)19(7)16(20)13-9(3)17-12(6)21-13/h8,11H,1-7H3. The molecule has 0 N–H and O–H groups in total. The maximum atomic E-state index is 12.6. The molecule has 2 aromatic rings. The van der Waals surface area contributed by atoms with Gasteiger partial charge in [0.15, 0.2) is 5.89 Å². The fraction of sp³-hybridized carbons (Fsp3) is 0.562. The zero-order valence-corrected chi connectivity index (χ0v) is 15.0. The molecule has 0 fully saturated rings. The zero-order valence-electron chi connectivity index (χ0n) is 14.2. The molecule has 0 aromatic carbocycles. The highest BCUT2D eigenvalue weighted by atomic mass is 32.1. The summed E-state index contributed by atoms with van der Waals surface area (Å²) < 4.78 is 5.44. The van der Waals surface area contributed by atoms with Crippen LogP contribution in [0.25, 0.3) is 0 Å². The molecule has 1 atom stereocenters. The Labute approximate surface area is 135 Å². The Morgan fingerprint density at radius 2 is 1.77 bits per heavy atom. The van der Waals surface area contributed by atoms with Gasteiger partial charge in [0.1, 0.15) is 0 Å². The van der Waals surface area contributed by atoms with E-state index in [1.807, 2.05) is 13.8 Å². The summed E-state index contributed by atoms with van der Waals surface area (Å²) in [7, 11) is 1.79. The summed E-state index contributed by atoms with van der Waals surface area (Å²) in [5.74, 6) is 1.07. The molecule has 0 aliphatic carbocycles. The topological polar surface area (TPSA) is 59.2 Å². The van der Waals surface area contributed by atoms with Crippen molar-refractivity contribution >= 4 is 17.2 Å². The molecule has 5 nitrogen and oxygen atoms in total. The fourth-order valence-electron chi connectivity index (χ4n) is 2.31. The second kappa shape index (κ2) is 6.20. The highest BCUT2D eigenvalue weighted by Crippen LogP contribution is 2.32. The number of hydrogen-bond acceptors (Lipinski definition) is 5. The number of hydrogen-bond donors (Lipinski definition) is 0. The fourth-order valence-corrected chi connectivity index (χ4v) is 3.47. The van der Waals surface area contributed by atoms with Crippen LogP contribution in [-0.4, -0.2) is 27.8 Å². The monoisotopic (exact) mass is 321 g/mol. The van der Waals surface area contributed by atoms with Crippen molar-refractivity contribution in [2.24, 2.45) is 0 Å². The number of nitrogens with zero attached hydrogens (tertiary/aromatic N) is 3. The lowest BCUT2D eigenvalue weighted by molar-refractivity contribution is 0.0710. The van der Waals surface area contributed by atoms with Crippen LogP contribution in [0.15, 0.2) is 4.42 Å². The maximum absolute atomic E-state index is 12.6. The Kier molecular flexibility index (Phi) is 4.70. The van der Waals surface area contributed by atoms with Crippen LogP contribution in [0.3, 0.4) is 0 Å². The average molecular weight is 321 g/mol. The SMILES string of the molecule is Cc1nc(C)c(C(=O)N(C)C(C)c2sc(C(C)C)nc2C)o1. The van der Waals surface area contributed by atoms with Crippen molar-refractivity contribution < 1.29 is 9.21 Å². The predicted octanol–water partition coefficient (Wildman–Crippen LogP) is 4.01. The summed E-state index contributed by atoms with van der Waals surface area (Å²) in [5.41, 5.74) is 1.62. The van der Waals surface area contributed by atoms with Gasteiger partial charge in [-0.05, 0) is 20.8 Å². The number of carbonyl (C=O) groups is 1. The predicted molar refractivity (Wildman–Crippen MR) is 87.4 cm³/mol. The number of aryl methyl sites for hydroxylation is 3. The second-order valence-electron chi connectivity index (χ2n) is 5.90. The lowest BCUT2D eigenvalue weighted by atomic mass is 10.2. The van der Waals surface area contributed by atoms with Gasteiger partial charge in [-0.1, -0.05) is 13.8 Å². The first-order valence-corrected chi connectivity index (χ1v) is 8.22. The number of amides is 1. The van der Waals surface area contributed by atoms with Crippen molar-refractivity contribution in [1.82, 2.24) is 14.9 Å². The first-order chi connectivity index (χ1) is 10.2. The van der Waals surface area contributed by atoms with Gasteiger partial charge in [-0.2, -0.15) is 0 Å². The van der Waals surface area contributed by atoms with Gasteiger partial charge in [0.05, 0.1) is 22.4 Å². The number of rotatable bonds is 4. The van der Waals surface area contributed by atoms with E-state index in [4.69, 9.17) is 4.42 Å². The summed E-state index contributed by atoms with van der Waals surface area (Å²) in [6.07, 6.45) is 0. The average Bonchev–Trinajstić information content (AvgIpc) is 2.99. The highest BCUT2D eigenvalue weighted by molar-refractivity contribution is 7.11. The van der Waals surface area contributed by atoms with Crippen molar-refractivity contribution in [3.63, 3.8) is 0 Å². The minimum absolute atomic E-state index is 0.0534. The molecule has 0 bridgehead atoms. The van der Waals surface area contributed by atoms with Crippen molar-refractivity contribution in [2.75, 3.05) is 7.05 Å². The molecule has 1 unspecified atom stereocenters. The van der Waals surface area contributed by atoms with Crippen molar-refractivity contribution in [2.45, 2.75) is 53.5 Å². The molecule has 0 radical (unpaired) electrons. The largest absolute Gasteiger partial charge is 0.436 e. The van der Waals surface area contributed by atoms with Crippen LogP contribution in [0.1, 0.15) is 70.4 Å². The van der Waals surface area contributed by atoms with Gasteiger partial charge < -0.3 is 9.32 Å². The molecule has 0 aliphatic rings. The molecular formula is C16H23N3O2S. The van der Waals surface area contributed by atoms with E-state index >= 15 is 0 Å². The Morgan fingerprint density at radius 3 is 2.23 bits per heavy atom. The number of carbonyl (C=O) groups excluding carboxylic acids is 1. The summed E-state index contributed by atoms with van der Waals surface area (Å²) in [5, 5.41) is 1.10. The van der Waals surface area contributed by atoms with Crippen LogP contribution < -0.4 is 0 Å². The third-order valence-corrected chi connectivity index (χ3v) is 5.35. The molecule has 0 saturated carbocycles. The van der Waals surface area contributed by atoms with E-state index < -0.39 is 0 Å². The Hall–Kier alpha value is -1.69. The molecule has 0 saturated heterocycles. The van der Waals surface area contributed by atoms with Crippen LogP contribution in [0.4, 0.5) is 0 Å². The molecule has 1 amide bonds. The minimum Gasteiger partial charge on any atom is -0.436 e. The number of aromatic nitrogens is 2. The quantitative estimate of drug-likeness (QED) is 0.853. The summed E-state index contributed by atoms with van der Waals surface area (Å²) in [6.45, 7) is 11.8. The van der Waals surface area contributed by atoms with Gasteiger partial charge in [0, 0.05) is 24.8 Å². The Balaban J connectivity index is 2.27. The van der Waals surface area contributed by atoms with Crippen molar-refractivity contribution in [1.29, 1.82) is 0 Å². The third kappa shape index (κ3) is 3.06. The van der Waals surface area contributed by atoms with E-state index in [9.17, 15) is 4.79 Å². The van der Waals surface area contributed by atoms with E-state index in [0.29, 0.717) is 23.3 Å². The van der Waals surface area contributed by atoms with Gasteiger partial charge in [0.25, 0.3) is 5.91 Å².